The second-order valence-corrected chi connectivity index (χ2v) is 8.33. The van der Waals surface area contributed by atoms with E-state index in [-0.39, 0.29) is 36.9 Å². The molecule has 0 unspecified atom stereocenters. The molecule has 0 amide bonds. The van der Waals surface area contributed by atoms with Crippen LogP contribution in [0.5, 0.6) is 17.2 Å². The van der Waals surface area contributed by atoms with Crippen LogP contribution >= 0.6 is 0 Å². The molecule has 3 aromatic rings. The van der Waals surface area contributed by atoms with Crippen LogP contribution in [0.15, 0.2) is 48.5 Å². The zero-order valence-electron chi connectivity index (χ0n) is 17.9. The number of carbonyl (C=O) groups excluding carboxylic acids is 1. The number of benzene rings is 3. The van der Waals surface area contributed by atoms with Crippen LogP contribution in [0.1, 0.15) is 41.8 Å². The Bertz CT molecular complexity index is 1220. The summed E-state index contributed by atoms with van der Waals surface area (Å²) in [5.74, 6) is -3.47. The Morgan fingerprint density at radius 2 is 1.30 bits per heavy atom. The molecule has 0 aliphatic carbocycles. The predicted octanol–water partition coefficient (Wildman–Crippen LogP) is 6.14. The maximum absolute atomic E-state index is 13.5. The van der Waals surface area contributed by atoms with Crippen molar-refractivity contribution in [1.29, 1.82) is 0 Å². The van der Waals surface area contributed by atoms with E-state index in [2.05, 4.69) is 0 Å². The van der Waals surface area contributed by atoms with Crippen LogP contribution in [0.4, 0.5) is 17.6 Å². The summed E-state index contributed by atoms with van der Waals surface area (Å²) < 4.78 is 70.9. The molecule has 0 aromatic heterocycles. The van der Waals surface area contributed by atoms with Crippen molar-refractivity contribution in [3.05, 3.63) is 88.5 Å². The minimum absolute atomic E-state index is 0.116. The summed E-state index contributed by atoms with van der Waals surface area (Å²) in [7, 11) is 0. The van der Waals surface area contributed by atoms with Gasteiger partial charge in [-0.3, -0.25) is 4.79 Å². The predicted molar refractivity (Wildman–Crippen MR) is 111 cm³/mol. The minimum atomic E-state index is -1.01. The molecule has 4 rings (SSSR count). The lowest BCUT2D eigenvalue weighted by atomic mass is 9.93. The van der Waals surface area contributed by atoms with E-state index in [1.54, 1.807) is 13.8 Å². The highest BCUT2D eigenvalue weighted by Crippen LogP contribution is 2.41. The van der Waals surface area contributed by atoms with Gasteiger partial charge in [0.25, 0.3) is 0 Å². The Morgan fingerprint density at radius 1 is 0.788 bits per heavy atom. The third-order valence-corrected chi connectivity index (χ3v) is 5.08. The van der Waals surface area contributed by atoms with Crippen LogP contribution < -0.4 is 14.2 Å². The van der Waals surface area contributed by atoms with Gasteiger partial charge in [-0.15, -0.1) is 0 Å². The first-order chi connectivity index (χ1) is 15.6. The normalized spacial score (nSPS) is 14.4. The number of Topliss-reactive ketones (excluding diaryl/α,β-unsaturated/α-hetero) is 1. The molecule has 0 atom stereocenters. The van der Waals surface area contributed by atoms with E-state index in [0.717, 1.165) is 24.3 Å². The number of carbonyl (C=O) groups is 1. The number of hydrogen-bond acceptors (Lipinski definition) is 4. The maximum atomic E-state index is 13.5. The summed E-state index contributed by atoms with van der Waals surface area (Å²) in [5.41, 5.74) is 0.322. The maximum Gasteiger partial charge on any atom is 0.170 e. The highest BCUT2D eigenvalue weighted by atomic mass is 19.2. The molecule has 0 N–H and O–H groups in total. The number of ketones is 1. The topological polar surface area (TPSA) is 44.8 Å². The van der Waals surface area contributed by atoms with Gasteiger partial charge in [0.05, 0.1) is 12.0 Å². The highest BCUT2D eigenvalue weighted by Gasteiger charge is 2.34. The molecule has 0 bridgehead atoms. The van der Waals surface area contributed by atoms with E-state index < -0.39 is 28.9 Å². The summed E-state index contributed by atoms with van der Waals surface area (Å²) in [6.07, 6.45) is 0.164. The van der Waals surface area contributed by atoms with E-state index >= 15 is 0 Å². The van der Waals surface area contributed by atoms with Crippen LogP contribution in [0.3, 0.4) is 0 Å². The molecule has 0 radical (unpaired) electrons. The molecular weight excluding hydrogens is 440 g/mol. The van der Waals surface area contributed by atoms with E-state index in [0.29, 0.717) is 22.4 Å². The molecule has 0 spiro atoms. The first-order valence-corrected chi connectivity index (χ1v) is 10.1. The van der Waals surface area contributed by atoms with Crippen LogP contribution in [-0.4, -0.2) is 11.4 Å². The van der Waals surface area contributed by atoms with E-state index in [1.807, 2.05) is 0 Å². The fourth-order valence-electron chi connectivity index (χ4n) is 3.47. The summed E-state index contributed by atoms with van der Waals surface area (Å²) in [5, 5.41) is 0. The molecule has 0 fully saturated rings. The van der Waals surface area contributed by atoms with Gasteiger partial charge in [0, 0.05) is 6.07 Å². The van der Waals surface area contributed by atoms with Crippen molar-refractivity contribution >= 4 is 5.78 Å². The average Bonchev–Trinajstić information content (AvgIpc) is 2.74. The smallest absolute Gasteiger partial charge is 0.170 e. The van der Waals surface area contributed by atoms with Gasteiger partial charge in [0.15, 0.2) is 40.6 Å². The fourth-order valence-corrected chi connectivity index (χ4v) is 3.47. The van der Waals surface area contributed by atoms with E-state index in [9.17, 15) is 22.4 Å². The molecule has 1 aliphatic rings. The van der Waals surface area contributed by atoms with Crippen molar-refractivity contribution in [2.45, 2.75) is 39.1 Å². The number of rotatable bonds is 6. The van der Waals surface area contributed by atoms with Gasteiger partial charge >= 0.3 is 0 Å². The molecule has 33 heavy (non-hydrogen) atoms. The van der Waals surface area contributed by atoms with Crippen molar-refractivity contribution < 1.29 is 36.6 Å². The molecule has 172 valence electrons. The number of ether oxygens (including phenoxy) is 3. The quantitative estimate of drug-likeness (QED) is 0.414. The number of halogens is 4. The van der Waals surface area contributed by atoms with Gasteiger partial charge < -0.3 is 14.2 Å². The molecule has 0 saturated carbocycles. The zero-order chi connectivity index (χ0) is 23.8. The average molecular weight is 460 g/mol. The largest absolute Gasteiger partial charge is 0.486 e. The SMILES string of the molecule is CC1(C)CC(=O)c2cc(OCc3ccc(F)c(F)c3)c(OCc3ccc(F)c(F)c3)cc2O1. The van der Waals surface area contributed by atoms with E-state index in [4.69, 9.17) is 14.2 Å². The van der Waals surface area contributed by atoms with Crippen molar-refractivity contribution in [1.82, 2.24) is 0 Å². The lowest BCUT2D eigenvalue weighted by Gasteiger charge is -2.32. The summed E-state index contributed by atoms with van der Waals surface area (Å²) >= 11 is 0. The molecular formula is C25H20F4O4. The monoisotopic (exact) mass is 460 g/mol. The van der Waals surface area contributed by atoms with Crippen LogP contribution in [0.25, 0.3) is 0 Å². The van der Waals surface area contributed by atoms with Crippen molar-refractivity contribution in [3.8, 4) is 17.2 Å². The molecule has 3 aromatic carbocycles. The van der Waals surface area contributed by atoms with Gasteiger partial charge in [-0.1, -0.05) is 12.1 Å². The van der Waals surface area contributed by atoms with Gasteiger partial charge in [0.2, 0.25) is 0 Å². The molecule has 8 heteroatoms. The standard InChI is InChI=1S/C25H20F4O4/c1-25(2)11-21(30)16-9-23(31-12-14-3-5-17(26)19(28)7-14)24(10-22(16)33-25)32-13-15-4-6-18(27)20(29)8-15/h3-10H,11-13H2,1-2H3. The zero-order valence-corrected chi connectivity index (χ0v) is 17.9. The van der Waals surface area contributed by atoms with Crippen molar-refractivity contribution in [2.24, 2.45) is 0 Å². The van der Waals surface area contributed by atoms with Crippen LogP contribution in [-0.2, 0) is 13.2 Å². The molecule has 0 saturated heterocycles. The lowest BCUT2D eigenvalue weighted by molar-refractivity contribution is 0.0616. The van der Waals surface area contributed by atoms with Crippen LogP contribution in [0.2, 0.25) is 0 Å². The lowest BCUT2D eigenvalue weighted by Crippen LogP contribution is -2.35. The fraction of sp³-hybridized carbons (Fsp3) is 0.240. The highest BCUT2D eigenvalue weighted by molar-refractivity contribution is 6.01. The summed E-state index contributed by atoms with van der Waals surface area (Å²) in [6, 6.07) is 9.71. The third-order valence-electron chi connectivity index (χ3n) is 5.08. The second-order valence-electron chi connectivity index (χ2n) is 8.33. The van der Waals surface area contributed by atoms with Crippen molar-refractivity contribution in [3.63, 3.8) is 0 Å². The molecule has 4 nitrogen and oxygen atoms in total. The van der Waals surface area contributed by atoms with Gasteiger partial charge in [-0.05, 0) is 55.3 Å². The Hall–Kier alpha value is -3.55. The Kier molecular flexibility index (Phi) is 6.01. The Balaban J connectivity index is 1.63. The summed E-state index contributed by atoms with van der Waals surface area (Å²) in [6.45, 7) is 3.32. The number of fused-ring (bicyclic) bond motifs is 1. The molecule has 1 heterocycles. The minimum Gasteiger partial charge on any atom is -0.486 e. The first-order valence-electron chi connectivity index (χ1n) is 10.1. The van der Waals surface area contributed by atoms with Crippen LogP contribution in [0, 0.1) is 23.3 Å². The Morgan fingerprint density at radius 3 is 1.82 bits per heavy atom. The van der Waals surface area contributed by atoms with Gasteiger partial charge in [-0.25, -0.2) is 17.6 Å². The molecule has 1 aliphatic heterocycles. The first kappa shape index (κ1) is 22.6. The number of hydrogen-bond donors (Lipinski definition) is 0. The summed E-state index contributed by atoms with van der Waals surface area (Å²) in [4.78, 5) is 12.6. The van der Waals surface area contributed by atoms with E-state index in [1.165, 1.54) is 24.3 Å². The van der Waals surface area contributed by atoms with Gasteiger partial charge in [-0.2, -0.15) is 0 Å². The second kappa shape index (κ2) is 8.77. The Labute approximate surface area is 187 Å². The third kappa shape index (κ3) is 5.10. The van der Waals surface area contributed by atoms with Crippen molar-refractivity contribution in [2.75, 3.05) is 0 Å². The van der Waals surface area contributed by atoms with Gasteiger partial charge in [0.1, 0.15) is 24.6 Å².